The molecule has 0 saturated heterocycles. The molecule has 0 radical (unpaired) electrons. The molecule has 0 aliphatic carbocycles. The predicted octanol–water partition coefficient (Wildman–Crippen LogP) is 1.42. The molecule has 0 aliphatic heterocycles. The number of nitrogens with zero attached hydrogens (tertiary/aromatic N) is 1. The quantitative estimate of drug-likeness (QED) is 0.762. The van der Waals surface area contributed by atoms with E-state index in [4.69, 9.17) is 0 Å². The minimum absolute atomic E-state index is 0.0105. The minimum atomic E-state index is -0.0105. The van der Waals surface area contributed by atoms with Crippen LogP contribution in [0.2, 0.25) is 0 Å². The molecule has 3 nitrogen and oxygen atoms in total. The molecule has 1 rings (SSSR count). The van der Waals surface area contributed by atoms with Gasteiger partial charge >= 0.3 is 0 Å². The van der Waals surface area contributed by atoms with Gasteiger partial charge in [0.2, 0.25) is 0 Å². The predicted molar refractivity (Wildman–Crippen MR) is 57.1 cm³/mol. The van der Waals surface area contributed by atoms with Gasteiger partial charge in [-0.3, -0.25) is 4.98 Å². The highest BCUT2D eigenvalue weighted by atomic mass is 16.3. The normalized spacial score (nSPS) is 13.2. The molecule has 14 heavy (non-hydrogen) atoms. The Balaban J connectivity index is 2.83. The average molecular weight is 194 g/mol. The van der Waals surface area contributed by atoms with Gasteiger partial charge in [0.1, 0.15) is 0 Å². The fourth-order valence-electron chi connectivity index (χ4n) is 1.48. The maximum atomic E-state index is 9.26. The minimum Gasteiger partial charge on any atom is -0.394 e. The number of hydrogen-bond acceptors (Lipinski definition) is 3. The lowest BCUT2D eigenvalue weighted by molar-refractivity contribution is 0.236. The van der Waals surface area contributed by atoms with Crippen molar-refractivity contribution in [1.29, 1.82) is 0 Å². The molecule has 0 amide bonds. The van der Waals surface area contributed by atoms with Crippen molar-refractivity contribution >= 4 is 0 Å². The second-order valence-electron chi connectivity index (χ2n) is 3.79. The second-order valence-corrected chi connectivity index (χ2v) is 3.79. The highest BCUT2D eigenvalue weighted by Gasteiger charge is 2.13. The smallest absolute Gasteiger partial charge is 0.0627 e. The number of pyridine rings is 1. The van der Waals surface area contributed by atoms with Gasteiger partial charge in [0.25, 0.3) is 0 Å². The molecular formula is C11H18N2O. The van der Waals surface area contributed by atoms with Gasteiger partial charge in [-0.1, -0.05) is 13.8 Å². The van der Waals surface area contributed by atoms with Crippen LogP contribution in [0.15, 0.2) is 18.5 Å². The molecule has 0 fully saturated rings. The first-order chi connectivity index (χ1) is 6.65. The van der Waals surface area contributed by atoms with Crippen LogP contribution in [0.5, 0.6) is 0 Å². The molecule has 3 heteroatoms. The lowest BCUT2D eigenvalue weighted by Gasteiger charge is -2.20. The van der Waals surface area contributed by atoms with Gasteiger partial charge in [0, 0.05) is 18.4 Å². The fraction of sp³-hybridized carbons (Fsp3) is 0.545. The van der Waals surface area contributed by atoms with Crippen LogP contribution in [0.3, 0.4) is 0 Å². The molecule has 1 aromatic heterocycles. The number of rotatable bonds is 4. The summed E-state index contributed by atoms with van der Waals surface area (Å²) in [4.78, 5) is 4.07. The van der Waals surface area contributed by atoms with Crippen molar-refractivity contribution in [2.75, 3.05) is 6.61 Å². The third-order valence-electron chi connectivity index (χ3n) is 2.17. The molecule has 1 atom stereocenters. The Morgan fingerprint density at radius 1 is 1.50 bits per heavy atom. The number of aliphatic hydroxyl groups is 1. The topological polar surface area (TPSA) is 45.2 Å². The summed E-state index contributed by atoms with van der Waals surface area (Å²) in [6.07, 6.45) is 3.58. The summed E-state index contributed by atoms with van der Waals surface area (Å²) in [6.45, 7) is 6.26. The van der Waals surface area contributed by atoms with E-state index in [0.717, 1.165) is 11.1 Å². The van der Waals surface area contributed by atoms with Crippen molar-refractivity contribution < 1.29 is 5.11 Å². The van der Waals surface area contributed by atoms with Crippen molar-refractivity contribution in [3.05, 3.63) is 29.6 Å². The molecule has 1 heterocycles. The lowest BCUT2D eigenvalue weighted by atomic mass is 10.0. The molecule has 0 saturated carbocycles. The average Bonchev–Trinajstić information content (AvgIpc) is 2.15. The number of hydrogen-bond donors (Lipinski definition) is 2. The number of aliphatic hydroxyl groups excluding tert-OH is 1. The first kappa shape index (κ1) is 11.1. The summed E-state index contributed by atoms with van der Waals surface area (Å²) >= 11 is 0. The Labute approximate surface area is 85.2 Å². The van der Waals surface area contributed by atoms with E-state index in [1.165, 1.54) is 0 Å². The standard InChI is InChI=1S/C11H18N2O/c1-8(2)13-11(7-14)10-6-12-5-4-9(10)3/h4-6,8,11,13-14H,7H2,1-3H3. The molecule has 1 aromatic rings. The zero-order chi connectivity index (χ0) is 10.6. The fourth-order valence-corrected chi connectivity index (χ4v) is 1.48. The summed E-state index contributed by atoms with van der Waals surface area (Å²) in [5, 5.41) is 12.6. The molecule has 2 N–H and O–H groups in total. The van der Waals surface area contributed by atoms with Crippen molar-refractivity contribution in [3.8, 4) is 0 Å². The van der Waals surface area contributed by atoms with Gasteiger partial charge in [-0.2, -0.15) is 0 Å². The van der Waals surface area contributed by atoms with Crippen LogP contribution in [0.4, 0.5) is 0 Å². The summed E-state index contributed by atoms with van der Waals surface area (Å²) in [6, 6.07) is 2.30. The van der Waals surface area contributed by atoms with Crippen LogP contribution in [0.1, 0.15) is 31.0 Å². The van der Waals surface area contributed by atoms with Crippen LogP contribution in [-0.4, -0.2) is 22.7 Å². The first-order valence-corrected chi connectivity index (χ1v) is 4.92. The Morgan fingerprint density at radius 2 is 2.21 bits per heavy atom. The van der Waals surface area contributed by atoms with Gasteiger partial charge in [0.15, 0.2) is 0 Å². The van der Waals surface area contributed by atoms with Crippen molar-refractivity contribution in [1.82, 2.24) is 10.3 Å². The van der Waals surface area contributed by atoms with Crippen LogP contribution in [-0.2, 0) is 0 Å². The highest BCUT2D eigenvalue weighted by molar-refractivity contribution is 5.25. The van der Waals surface area contributed by atoms with Gasteiger partial charge in [0.05, 0.1) is 12.6 Å². The van der Waals surface area contributed by atoms with Crippen molar-refractivity contribution in [3.63, 3.8) is 0 Å². The van der Waals surface area contributed by atoms with E-state index in [1.807, 2.05) is 19.2 Å². The Bertz CT molecular complexity index is 286. The van der Waals surface area contributed by atoms with E-state index in [-0.39, 0.29) is 12.6 Å². The monoisotopic (exact) mass is 194 g/mol. The zero-order valence-electron chi connectivity index (χ0n) is 8.99. The van der Waals surface area contributed by atoms with Crippen LogP contribution in [0.25, 0.3) is 0 Å². The van der Waals surface area contributed by atoms with Crippen LogP contribution >= 0.6 is 0 Å². The molecule has 0 spiro atoms. The van der Waals surface area contributed by atoms with Crippen LogP contribution < -0.4 is 5.32 Å². The molecule has 0 aliphatic rings. The van der Waals surface area contributed by atoms with Gasteiger partial charge in [-0.25, -0.2) is 0 Å². The Kier molecular flexibility index (Phi) is 4.04. The Morgan fingerprint density at radius 3 is 2.71 bits per heavy atom. The number of nitrogens with one attached hydrogen (secondary N) is 1. The summed E-state index contributed by atoms with van der Waals surface area (Å²) in [7, 11) is 0. The van der Waals surface area contributed by atoms with E-state index >= 15 is 0 Å². The molecule has 1 unspecified atom stereocenters. The third kappa shape index (κ3) is 2.79. The highest BCUT2D eigenvalue weighted by Crippen LogP contribution is 2.15. The maximum Gasteiger partial charge on any atom is 0.0627 e. The van der Waals surface area contributed by atoms with E-state index < -0.39 is 0 Å². The van der Waals surface area contributed by atoms with E-state index in [1.54, 1.807) is 6.20 Å². The van der Waals surface area contributed by atoms with Crippen molar-refractivity contribution in [2.24, 2.45) is 0 Å². The molecular weight excluding hydrogens is 176 g/mol. The van der Waals surface area contributed by atoms with Crippen molar-refractivity contribution in [2.45, 2.75) is 32.9 Å². The maximum absolute atomic E-state index is 9.26. The Hall–Kier alpha value is -0.930. The molecule has 0 bridgehead atoms. The summed E-state index contributed by atoms with van der Waals surface area (Å²) in [5.41, 5.74) is 2.23. The summed E-state index contributed by atoms with van der Waals surface area (Å²) < 4.78 is 0. The molecule has 78 valence electrons. The van der Waals surface area contributed by atoms with E-state index in [2.05, 4.69) is 24.1 Å². The van der Waals surface area contributed by atoms with Crippen LogP contribution in [0, 0.1) is 6.92 Å². The first-order valence-electron chi connectivity index (χ1n) is 4.92. The SMILES string of the molecule is Cc1ccncc1C(CO)NC(C)C. The third-order valence-corrected chi connectivity index (χ3v) is 2.17. The van der Waals surface area contributed by atoms with Gasteiger partial charge < -0.3 is 10.4 Å². The largest absolute Gasteiger partial charge is 0.394 e. The zero-order valence-corrected chi connectivity index (χ0v) is 8.99. The van der Waals surface area contributed by atoms with Gasteiger partial charge in [-0.05, 0) is 24.1 Å². The summed E-state index contributed by atoms with van der Waals surface area (Å²) in [5.74, 6) is 0. The van der Waals surface area contributed by atoms with E-state index in [0.29, 0.717) is 6.04 Å². The second kappa shape index (κ2) is 5.08. The lowest BCUT2D eigenvalue weighted by Crippen LogP contribution is -2.31. The number of aromatic nitrogens is 1. The molecule has 0 aromatic carbocycles. The number of aryl methyl sites for hydroxylation is 1. The van der Waals surface area contributed by atoms with E-state index in [9.17, 15) is 5.11 Å². The van der Waals surface area contributed by atoms with Gasteiger partial charge in [-0.15, -0.1) is 0 Å².